The summed E-state index contributed by atoms with van der Waals surface area (Å²) >= 11 is -0.0436. The van der Waals surface area contributed by atoms with Crippen LogP contribution >= 0.6 is 0 Å². The van der Waals surface area contributed by atoms with Crippen molar-refractivity contribution in [1.29, 1.82) is 0 Å². The summed E-state index contributed by atoms with van der Waals surface area (Å²) in [5.74, 6) is 0. The molecule has 0 bridgehead atoms. The van der Waals surface area contributed by atoms with Gasteiger partial charge in [-0.2, -0.15) is 0 Å². The van der Waals surface area contributed by atoms with Crippen LogP contribution in [0.25, 0.3) is 0 Å². The van der Waals surface area contributed by atoms with Crippen molar-refractivity contribution in [2.24, 2.45) is 0 Å². The van der Waals surface area contributed by atoms with Gasteiger partial charge in [0.25, 0.3) is 0 Å². The van der Waals surface area contributed by atoms with Crippen LogP contribution < -0.4 is 21.2 Å². The number of rotatable bonds is 5. The van der Waals surface area contributed by atoms with E-state index in [1.807, 2.05) is 0 Å². The van der Waals surface area contributed by atoms with Gasteiger partial charge >= 0.3 is 137 Å². The predicted molar refractivity (Wildman–Crippen MR) is 84.5 cm³/mol. The molecule has 3 aromatic carbocycles. The normalized spacial score (nSPS) is 12.2. The fourth-order valence-corrected chi connectivity index (χ4v) is 5.54. The first kappa shape index (κ1) is 14.3. The van der Waals surface area contributed by atoms with Crippen LogP contribution in [0.15, 0.2) is 91.0 Å². The van der Waals surface area contributed by atoms with Gasteiger partial charge in [0.1, 0.15) is 0 Å². The summed E-state index contributed by atoms with van der Waals surface area (Å²) in [7, 11) is 0. The van der Waals surface area contributed by atoms with Crippen LogP contribution in [0, 0.1) is 3.57 Å². The van der Waals surface area contributed by atoms with Crippen LogP contribution in [0.2, 0.25) is 0 Å². The third-order valence-corrected chi connectivity index (χ3v) is 6.76. The van der Waals surface area contributed by atoms with E-state index in [0.29, 0.717) is 3.92 Å². The Kier molecular flexibility index (Phi) is 5.06. The number of hydrogen-bond acceptors (Lipinski definition) is 0. The Balaban J connectivity index is 1.84. The van der Waals surface area contributed by atoms with Crippen molar-refractivity contribution >= 4 is 0 Å². The molecule has 0 spiro atoms. The molecule has 3 rings (SSSR count). The standard InChI is InChI=1S/C20H18I/c1-4-10-17(11-5-1)16-20(18-12-6-2-7-13-18)21-19-14-8-3-9-15-19/h1-15,20H,16H2/q-1. The molecule has 106 valence electrons. The van der Waals surface area contributed by atoms with Gasteiger partial charge in [-0.3, -0.25) is 0 Å². The van der Waals surface area contributed by atoms with Crippen LogP contribution in [0.1, 0.15) is 15.1 Å². The number of alkyl halides is 1. The summed E-state index contributed by atoms with van der Waals surface area (Å²) < 4.78 is 2.15. The van der Waals surface area contributed by atoms with Crippen molar-refractivity contribution in [2.45, 2.75) is 10.3 Å². The topological polar surface area (TPSA) is 0 Å². The molecule has 21 heavy (non-hydrogen) atoms. The van der Waals surface area contributed by atoms with Gasteiger partial charge in [0.2, 0.25) is 0 Å². The summed E-state index contributed by atoms with van der Waals surface area (Å²) in [5.41, 5.74) is 2.90. The second-order valence-corrected chi connectivity index (χ2v) is 8.34. The molecule has 0 aromatic heterocycles. The molecule has 0 nitrogen and oxygen atoms in total. The number of hydrogen-bond donors (Lipinski definition) is 0. The average Bonchev–Trinajstić information content (AvgIpc) is 2.57. The van der Waals surface area contributed by atoms with E-state index < -0.39 is 0 Å². The summed E-state index contributed by atoms with van der Waals surface area (Å²) in [6.07, 6.45) is 1.13. The minimum absolute atomic E-state index is 0.0436. The van der Waals surface area contributed by atoms with Crippen LogP contribution in [0.4, 0.5) is 0 Å². The Morgan fingerprint density at radius 2 is 1.14 bits per heavy atom. The quantitative estimate of drug-likeness (QED) is 0.465. The van der Waals surface area contributed by atoms with Crippen molar-refractivity contribution in [3.63, 3.8) is 0 Å². The van der Waals surface area contributed by atoms with Gasteiger partial charge in [-0.1, -0.05) is 0 Å². The fourth-order valence-electron chi connectivity index (χ4n) is 2.34. The number of halogens is 1. The molecule has 3 aromatic rings. The van der Waals surface area contributed by atoms with E-state index in [1.54, 1.807) is 0 Å². The van der Waals surface area contributed by atoms with Crippen molar-refractivity contribution in [2.75, 3.05) is 0 Å². The Morgan fingerprint density at radius 3 is 1.76 bits per heavy atom. The summed E-state index contributed by atoms with van der Waals surface area (Å²) in [5, 5.41) is 0. The minimum atomic E-state index is -0.0436. The molecular formula is C20H18I-. The molecule has 0 aliphatic heterocycles. The molecule has 1 atom stereocenters. The zero-order chi connectivity index (χ0) is 14.3. The molecule has 0 saturated carbocycles. The Labute approximate surface area is 137 Å². The average molecular weight is 385 g/mol. The summed E-state index contributed by atoms with van der Waals surface area (Å²) in [6.45, 7) is 0. The van der Waals surface area contributed by atoms with E-state index in [0.717, 1.165) is 6.42 Å². The van der Waals surface area contributed by atoms with Gasteiger partial charge in [-0.25, -0.2) is 0 Å². The third kappa shape index (κ3) is 4.18. The van der Waals surface area contributed by atoms with Gasteiger partial charge < -0.3 is 0 Å². The van der Waals surface area contributed by atoms with Crippen molar-refractivity contribution in [3.05, 3.63) is 106 Å². The molecule has 0 aliphatic rings. The zero-order valence-electron chi connectivity index (χ0n) is 11.8. The zero-order valence-corrected chi connectivity index (χ0v) is 14.0. The van der Waals surface area contributed by atoms with Crippen LogP contribution in [-0.4, -0.2) is 0 Å². The molecule has 0 saturated heterocycles. The first-order chi connectivity index (χ1) is 10.4. The van der Waals surface area contributed by atoms with E-state index in [1.165, 1.54) is 14.7 Å². The second kappa shape index (κ2) is 7.41. The molecule has 0 fully saturated rings. The van der Waals surface area contributed by atoms with Gasteiger partial charge in [-0.15, -0.1) is 0 Å². The van der Waals surface area contributed by atoms with E-state index >= 15 is 0 Å². The number of benzene rings is 3. The summed E-state index contributed by atoms with van der Waals surface area (Å²) in [6, 6.07) is 32.8. The van der Waals surface area contributed by atoms with Crippen molar-refractivity contribution < 1.29 is 21.2 Å². The van der Waals surface area contributed by atoms with Crippen LogP contribution in [0.3, 0.4) is 0 Å². The second-order valence-electron chi connectivity index (χ2n) is 4.97. The monoisotopic (exact) mass is 385 g/mol. The Hall–Kier alpha value is -1.61. The van der Waals surface area contributed by atoms with E-state index in [-0.39, 0.29) is 21.2 Å². The van der Waals surface area contributed by atoms with E-state index in [4.69, 9.17) is 0 Å². The molecule has 0 N–H and O–H groups in total. The van der Waals surface area contributed by atoms with Crippen LogP contribution in [0.5, 0.6) is 0 Å². The van der Waals surface area contributed by atoms with Gasteiger partial charge in [0, 0.05) is 0 Å². The molecule has 0 heterocycles. The van der Waals surface area contributed by atoms with Gasteiger partial charge in [0.15, 0.2) is 0 Å². The van der Waals surface area contributed by atoms with Crippen LogP contribution in [-0.2, 0) is 6.42 Å². The molecular weight excluding hydrogens is 367 g/mol. The first-order valence-electron chi connectivity index (χ1n) is 7.19. The van der Waals surface area contributed by atoms with E-state index in [2.05, 4.69) is 91.0 Å². The maximum atomic E-state index is 2.27. The van der Waals surface area contributed by atoms with Gasteiger partial charge in [-0.05, 0) is 0 Å². The molecule has 0 radical (unpaired) electrons. The fraction of sp³-hybridized carbons (Fsp3) is 0.100. The van der Waals surface area contributed by atoms with Crippen molar-refractivity contribution in [1.82, 2.24) is 0 Å². The first-order valence-corrected chi connectivity index (χ1v) is 9.51. The predicted octanol–water partition coefficient (Wildman–Crippen LogP) is 1.93. The Morgan fingerprint density at radius 1 is 0.619 bits per heavy atom. The van der Waals surface area contributed by atoms with Crippen molar-refractivity contribution in [3.8, 4) is 0 Å². The van der Waals surface area contributed by atoms with E-state index in [9.17, 15) is 0 Å². The summed E-state index contributed by atoms with van der Waals surface area (Å²) in [4.78, 5) is 0. The SMILES string of the molecule is c1ccc(CC([I-]c2ccccc2)c2ccccc2)cc1. The molecule has 1 unspecified atom stereocenters. The third-order valence-electron chi connectivity index (χ3n) is 3.41. The molecule has 0 amide bonds. The maximum absolute atomic E-state index is 2.27. The Bertz CT molecular complexity index is 606. The molecule has 1 heteroatoms. The molecule has 0 aliphatic carbocycles. The van der Waals surface area contributed by atoms with Gasteiger partial charge in [0.05, 0.1) is 0 Å².